The number of nitrogens with zero attached hydrogens (tertiary/aromatic N) is 1. The molecule has 0 bridgehead atoms. The van der Waals surface area contributed by atoms with Crippen molar-refractivity contribution < 1.29 is 18.3 Å². The third-order valence-corrected chi connectivity index (χ3v) is 3.88. The summed E-state index contributed by atoms with van der Waals surface area (Å²) in [5.41, 5.74) is -0.0887. The predicted molar refractivity (Wildman–Crippen MR) is 73.3 cm³/mol. The molecular weight excluding hydrogens is 337 g/mol. The molecule has 0 amide bonds. The lowest BCUT2D eigenvalue weighted by Gasteiger charge is -2.38. The van der Waals surface area contributed by atoms with Gasteiger partial charge in [0.1, 0.15) is 18.5 Å². The topological polar surface area (TPSA) is 35.5 Å². The molecule has 1 saturated heterocycles. The monoisotopic (exact) mass is 352 g/mol. The molecule has 1 fully saturated rings. The Morgan fingerprint density at radius 3 is 2.55 bits per heavy atom. The van der Waals surface area contributed by atoms with Gasteiger partial charge in [-0.2, -0.15) is 0 Å². The van der Waals surface area contributed by atoms with Crippen molar-refractivity contribution in [2.24, 2.45) is 0 Å². The highest BCUT2D eigenvalue weighted by Gasteiger charge is 2.45. The van der Waals surface area contributed by atoms with Crippen LogP contribution in [0, 0.1) is 5.82 Å². The van der Waals surface area contributed by atoms with Crippen molar-refractivity contribution in [3.05, 3.63) is 34.1 Å². The summed E-state index contributed by atoms with van der Waals surface area (Å²) in [6.07, 6.45) is 0. The minimum Gasteiger partial charge on any atom is -0.390 e. The van der Waals surface area contributed by atoms with Crippen LogP contribution in [0.2, 0.25) is 0 Å². The summed E-state index contributed by atoms with van der Waals surface area (Å²) in [5, 5.41) is 12.0. The molecule has 20 heavy (non-hydrogen) atoms. The second kappa shape index (κ2) is 6.43. The number of aliphatic hydroxyl groups excluding tert-OH is 1. The summed E-state index contributed by atoms with van der Waals surface area (Å²) in [4.78, 5) is 1.51. The number of aliphatic hydroxyl groups is 1. The van der Waals surface area contributed by atoms with Gasteiger partial charge in [-0.05, 0) is 12.1 Å². The molecule has 0 unspecified atom stereocenters. The van der Waals surface area contributed by atoms with Crippen LogP contribution >= 0.6 is 15.9 Å². The fourth-order valence-electron chi connectivity index (χ4n) is 2.44. The SMILES string of the molecule is OCC(F)(F)[C@H](c1ccc(Br)cc1F)N1CCNCC1. The normalized spacial score (nSPS) is 19.1. The van der Waals surface area contributed by atoms with Crippen molar-refractivity contribution in [2.45, 2.75) is 12.0 Å². The number of alkyl halides is 2. The van der Waals surface area contributed by atoms with Gasteiger partial charge in [0, 0.05) is 36.2 Å². The first-order valence-corrected chi connectivity index (χ1v) is 7.13. The van der Waals surface area contributed by atoms with E-state index in [0.717, 1.165) is 6.07 Å². The highest BCUT2D eigenvalue weighted by Crippen LogP contribution is 2.38. The lowest BCUT2D eigenvalue weighted by Crippen LogP contribution is -2.51. The van der Waals surface area contributed by atoms with Gasteiger partial charge in [-0.25, -0.2) is 13.2 Å². The van der Waals surface area contributed by atoms with Gasteiger partial charge in [-0.15, -0.1) is 0 Å². The van der Waals surface area contributed by atoms with Crippen molar-refractivity contribution >= 4 is 15.9 Å². The Balaban J connectivity index is 2.39. The predicted octanol–water partition coefficient (Wildman–Crippen LogP) is 2.16. The maximum absolute atomic E-state index is 14.1. The minimum absolute atomic E-state index is 0.0887. The van der Waals surface area contributed by atoms with Crippen LogP contribution in [0.5, 0.6) is 0 Å². The summed E-state index contributed by atoms with van der Waals surface area (Å²) in [6, 6.07) is 2.58. The van der Waals surface area contributed by atoms with Crippen molar-refractivity contribution in [2.75, 3.05) is 32.8 Å². The lowest BCUT2D eigenvalue weighted by atomic mass is 9.97. The molecule has 1 heterocycles. The van der Waals surface area contributed by atoms with Gasteiger partial charge in [0.15, 0.2) is 0 Å². The number of piperazine rings is 1. The molecule has 1 aromatic carbocycles. The third kappa shape index (κ3) is 3.33. The molecule has 2 rings (SSSR count). The number of hydrogen-bond donors (Lipinski definition) is 2. The Morgan fingerprint density at radius 2 is 2.00 bits per heavy atom. The Morgan fingerprint density at radius 1 is 1.35 bits per heavy atom. The first kappa shape index (κ1) is 15.8. The van der Waals surface area contributed by atoms with E-state index in [1.807, 2.05) is 0 Å². The summed E-state index contributed by atoms with van der Waals surface area (Å²) >= 11 is 3.11. The van der Waals surface area contributed by atoms with Gasteiger partial charge in [0.25, 0.3) is 5.92 Å². The fraction of sp³-hybridized carbons (Fsp3) is 0.538. The number of benzene rings is 1. The highest BCUT2D eigenvalue weighted by molar-refractivity contribution is 9.10. The van der Waals surface area contributed by atoms with Crippen LogP contribution in [0.25, 0.3) is 0 Å². The zero-order valence-electron chi connectivity index (χ0n) is 10.8. The third-order valence-electron chi connectivity index (χ3n) is 3.38. The van der Waals surface area contributed by atoms with E-state index in [2.05, 4.69) is 21.2 Å². The molecule has 112 valence electrons. The van der Waals surface area contributed by atoms with Crippen LogP contribution in [0.1, 0.15) is 11.6 Å². The second-order valence-electron chi connectivity index (χ2n) is 4.77. The summed E-state index contributed by atoms with van der Waals surface area (Å²) < 4.78 is 42.7. The molecule has 0 radical (unpaired) electrons. The van der Waals surface area contributed by atoms with Gasteiger partial charge < -0.3 is 10.4 Å². The highest BCUT2D eigenvalue weighted by atomic mass is 79.9. The maximum Gasteiger partial charge on any atom is 0.290 e. The first-order chi connectivity index (χ1) is 9.45. The van der Waals surface area contributed by atoms with Crippen LogP contribution in [0.15, 0.2) is 22.7 Å². The largest absolute Gasteiger partial charge is 0.390 e. The van der Waals surface area contributed by atoms with Crippen LogP contribution in [0.4, 0.5) is 13.2 Å². The van der Waals surface area contributed by atoms with E-state index in [1.165, 1.54) is 17.0 Å². The first-order valence-electron chi connectivity index (χ1n) is 6.34. The average Bonchev–Trinajstić information content (AvgIpc) is 2.43. The zero-order valence-corrected chi connectivity index (χ0v) is 12.3. The zero-order chi connectivity index (χ0) is 14.8. The van der Waals surface area contributed by atoms with Crippen LogP contribution in [-0.4, -0.2) is 48.7 Å². The number of hydrogen-bond acceptors (Lipinski definition) is 3. The van der Waals surface area contributed by atoms with Crippen LogP contribution in [0.3, 0.4) is 0 Å². The number of nitrogens with one attached hydrogen (secondary N) is 1. The number of rotatable bonds is 4. The Labute approximate surface area is 123 Å². The molecule has 1 aliphatic rings. The summed E-state index contributed by atoms with van der Waals surface area (Å²) in [7, 11) is 0. The standard InChI is InChI=1S/C13H16BrF3N2O/c14-9-1-2-10(11(15)7-9)12(13(16,17)8-20)19-5-3-18-4-6-19/h1-2,7,12,18,20H,3-6,8H2/t12-/m0/s1. The molecule has 3 nitrogen and oxygen atoms in total. The quantitative estimate of drug-likeness (QED) is 0.871. The van der Waals surface area contributed by atoms with Crippen LogP contribution in [-0.2, 0) is 0 Å². The van der Waals surface area contributed by atoms with Crippen molar-refractivity contribution in [3.8, 4) is 0 Å². The molecule has 1 atom stereocenters. The van der Waals surface area contributed by atoms with Gasteiger partial charge in [-0.1, -0.05) is 22.0 Å². The number of halogens is 4. The Hall–Kier alpha value is -0.630. The summed E-state index contributed by atoms with van der Waals surface area (Å²) in [6.45, 7) is 0.592. The van der Waals surface area contributed by atoms with Crippen molar-refractivity contribution in [1.29, 1.82) is 0 Å². The maximum atomic E-state index is 14.1. The van der Waals surface area contributed by atoms with E-state index in [1.54, 1.807) is 0 Å². The Bertz CT molecular complexity index is 467. The minimum atomic E-state index is -3.40. The van der Waals surface area contributed by atoms with E-state index < -0.39 is 24.4 Å². The molecule has 0 spiro atoms. The lowest BCUT2D eigenvalue weighted by molar-refractivity contribution is -0.119. The van der Waals surface area contributed by atoms with Crippen molar-refractivity contribution in [3.63, 3.8) is 0 Å². The molecule has 1 aromatic rings. The molecule has 0 aromatic heterocycles. The van der Waals surface area contributed by atoms with Crippen LogP contribution < -0.4 is 5.32 Å². The van der Waals surface area contributed by atoms with Gasteiger partial charge in [0.05, 0.1) is 0 Å². The summed E-state index contributed by atoms with van der Waals surface area (Å²) in [5.74, 6) is -4.09. The molecule has 7 heteroatoms. The second-order valence-corrected chi connectivity index (χ2v) is 5.69. The van der Waals surface area contributed by atoms with E-state index in [-0.39, 0.29) is 5.56 Å². The molecule has 2 N–H and O–H groups in total. The average molecular weight is 353 g/mol. The van der Waals surface area contributed by atoms with Crippen molar-refractivity contribution in [1.82, 2.24) is 10.2 Å². The van der Waals surface area contributed by atoms with Gasteiger partial charge >= 0.3 is 0 Å². The van der Waals surface area contributed by atoms with E-state index >= 15 is 0 Å². The molecule has 0 aliphatic carbocycles. The molecule has 0 saturated carbocycles. The van der Waals surface area contributed by atoms with E-state index in [9.17, 15) is 13.2 Å². The van der Waals surface area contributed by atoms with E-state index in [4.69, 9.17) is 5.11 Å². The fourth-order valence-corrected chi connectivity index (χ4v) is 2.77. The molecule has 1 aliphatic heterocycles. The smallest absolute Gasteiger partial charge is 0.290 e. The Kier molecular flexibility index (Phi) is 5.06. The van der Waals surface area contributed by atoms with Gasteiger partial charge in [-0.3, -0.25) is 4.90 Å². The van der Waals surface area contributed by atoms with Gasteiger partial charge in [0.2, 0.25) is 0 Å². The molecular formula is C13H16BrF3N2O. The van der Waals surface area contributed by atoms with E-state index in [0.29, 0.717) is 30.7 Å².